The number of methoxy groups -OCH3 is 1. The average Bonchev–Trinajstić information content (AvgIpc) is 2.74. The Kier molecular flexibility index (Phi) is 4.57. The summed E-state index contributed by atoms with van der Waals surface area (Å²) >= 11 is 0. The second-order valence-corrected chi connectivity index (χ2v) is 6.63. The van der Waals surface area contributed by atoms with Crippen molar-refractivity contribution < 1.29 is 19.4 Å². The molecule has 0 fully saturated rings. The molecule has 1 aliphatic heterocycles. The molecule has 1 heterocycles. The van der Waals surface area contributed by atoms with Crippen LogP contribution in [-0.2, 0) is 4.79 Å². The standard InChI is InChI=1S/C23H19NO4/c1-28-17-13-11-15(12-14-17)21-20(23(26)27)18-9-5-6-10-19(18)22(25)24(21)16-7-3-2-4-8-16/h2-14,20-21H,1H3,(H,26,27)/t20-,21+/m0/s1. The van der Waals surface area contributed by atoms with Crippen LogP contribution in [0.25, 0.3) is 0 Å². The van der Waals surface area contributed by atoms with E-state index in [1.165, 1.54) is 0 Å². The fraction of sp³-hybridized carbons (Fsp3) is 0.130. The highest BCUT2D eigenvalue weighted by Gasteiger charge is 2.44. The van der Waals surface area contributed by atoms with Crippen molar-refractivity contribution in [2.24, 2.45) is 0 Å². The van der Waals surface area contributed by atoms with E-state index in [1.807, 2.05) is 42.5 Å². The molecular formula is C23H19NO4. The van der Waals surface area contributed by atoms with Gasteiger partial charge < -0.3 is 9.84 Å². The van der Waals surface area contributed by atoms with E-state index in [-0.39, 0.29) is 5.91 Å². The number of nitrogens with zero attached hydrogens (tertiary/aromatic N) is 1. The lowest BCUT2D eigenvalue weighted by molar-refractivity contribution is -0.139. The molecule has 1 amide bonds. The van der Waals surface area contributed by atoms with Crippen LogP contribution in [0.15, 0.2) is 78.9 Å². The highest BCUT2D eigenvalue weighted by Crippen LogP contribution is 2.45. The molecule has 0 radical (unpaired) electrons. The third kappa shape index (κ3) is 2.91. The van der Waals surface area contributed by atoms with E-state index >= 15 is 0 Å². The van der Waals surface area contributed by atoms with Crippen molar-refractivity contribution in [3.05, 3.63) is 95.6 Å². The first-order valence-corrected chi connectivity index (χ1v) is 8.96. The predicted octanol–water partition coefficient (Wildman–Crippen LogP) is 4.27. The Morgan fingerprint density at radius 3 is 2.21 bits per heavy atom. The van der Waals surface area contributed by atoms with Crippen LogP contribution in [0.1, 0.15) is 33.4 Å². The molecule has 1 N–H and O–H groups in total. The second-order valence-electron chi connectivity index (χ2n) is 6.63. The lowest BCUT2D eigenvalue weighted by Crippen LogP contribution is -2.45. The first-order chi connectivity index (χ1) is 13.6. The van der Waals surface area contributed by atoms with Gasteiger partial charge in [-0.05, 0) is 41.5 Å². The van der Waals surface area contributed by atoms with Crippen LogP contribution in [0.5, 0.6) is 5.75 Å². The van der Waals surface area contributed by atoms with Gasteiger partial charge in [-0.3, -0.25) is 14.5 Å². The van der Waals surface area contributed by atoms with Crippen molar-refractivity contribution in [2.75, 3.05) is 12.0 Å². The minimum Gasteiger partial charge on any atom is -0.497 e. The van der Waals surface area contributed by atoms with Gasteiger partial charge in [0.25, 0.3) is 5.91 Å². The third-order valence-electron chi connectivity index (χ3n) is 5.10. The van der Waals surface area contributed by atoms with Crippen LogP contribution in [0, 0.1) is 0 Å². The molecule has 4 rings (SSSR count). The normalized spacial score (nSPS) is 18.5. The van der Waals surface area contributed by atoms with Crippen LogP contribution >= 0.6 is 0 Å². The van der Waals surface area contributed by atoms with E-state index in [0.29, 0.717) is 22.6 Å². The summed E-state index contributed by atoms with van der Waals surface area (Å²) in [7, 11) is 1.58. The maximum atomic E-state index is 13.4. The van der Waals surface area contributed by atoms with Gasteiger partial charge in [0.1, 0.15) is 11.7 Å². The van der Waals surface area contributed by atoms with Crippen LogP contribution in [0.3, 0.4) is 0 Å². The molecule has 0 bridgehead atoms. The number of aliphatic carboxylic acids is 1. The van der Waals surface area contributed by atoms with Crippen molar-refractivity contribution in [3.8, 4) is 5.75 Å². The topological polar surface area (TPSA) is 66.8 Å². The first-order valence-electron chi connectivity index (χ1n) is 8.96. The summed E-state index contributed by atoms with van der Waals surface area (Å²) in [4.78, 5) is 27.3. The number of carboxylic acids is 1. The zero-order valence-corrected chi connectivity index (χ0v) is 15.3. The van der Waals surface area contributed by atoms with Gasteiger partial charge in [0, 0.05) is 11.3 Å². The summed E-state index contributed by atoms with van der Waals surface area (Å²) in [6, 6.07) is 22.6. The Bertz CT molecular complexity index is 1010. The number of benzene rings is 3. The summed E-state index contributed by atoms with van der Waals surface area (Å²) in [5.41, 5.74) is 2.35. The van der Waals surface area contributed by atoms with Crippen LogP contribution in [0.4, 0.5) is 5.69 Å². The Morgan fingerprint density at radius 1 is 0.929 bits per heavy atom. The maximum Gasteiger partial charge on any atom is 0.313 e. The van der Waals surface area contributed by atoms with Crippen LogP contribution in [-0.4, -0.2) is 24.1 Å². The number of para-hydroxylation sites is 1. The van der Waals surface area contributed by atoms with Crippen molar-refractivity contribution >= 4 is 17.6 Å². The van der Waals surface area contributed by atoms with Gasteiger partial charge in [-0.1, -0.05) is 48.5 Å². The molecule has 0 aliphatic carbocycles. The lowest BCUT2D eigenvalue weighted by atomic mass is 9.79. The number of amides is 1. The average molecular weight is 373 g/mol. The highest BCUT2D eigenvalue weighted by atomic mass is 16.5. The van der Waals surface area contributed by atoms with E-state index < -0.39 is 17.9 Å². The number of anilines is 1. The molecule has 0 unspecified atom stereocenters. The van der Waals surface area contributed by atoms with Gasteiger partial charge in [-0.25, -0.2) is 0 Å². The summed E-state index contributed by atoms with van der Waals surface area (Å²) in [6.45, 7) is 0. The Labute approximate surface area is 162 Å². The monoisotopic (exact) mass is 373 g/mol. The zero-order valence-electron chi connectivity index (χ0n) is 15.3. The van der Waals surface area contributed by atoms with Crippen LogP contribution < -0.4 is 9.64 Å². The number of hydrogen-bond donors (Lipinski definition) is 1. The molecule has 2 atom stereocenters. The summed E-state index contributed by atoms with van der Waals surface area (Å²) in [6.07, 6.45) is 0. The minimum atomic E-state index is -0.971. The number of hydrogen-bond acceptors (Lipinski definition) is 3. The van der Waals surface area contributed by atoms with Crippen molar-refractivity contribution in [1.82, 2.24) is 0 Å². The van der Waals surface area contributed by atoms with Crippen LogP contribution in [0.2, 0.25) is 0 Å². The fourth-order valence-corrected chi connectivity index (χ4v) is 3.82. The largest absolute Gasteiger partial charge is 0.497 e. The van der Waals surface area contributed by atoms with Gasteiger partial charge in [0.15, 0.2) is 0 Å². The second kappa shape index (κ2) is 7.19. The van der Waals surface area contributed by atoms with Crippen molar-refractivity contribution in [3.63, 3.8) is 0 Å². The summed E-state index contributed by atoms with van der Waals surface area (Å²) < 4.78 is 5.22. The molecule has 1 aliphatic rings. The molecule has 5 nitrogen and oxygen atoms in total. The van der Waals surface area contributed by atoms with E-state index in [0.717, 1.165) is 5.56 Å². The number of fused-ring (bicyclic) bond motifs is 1. The molecule has 5 heteroatoms. The number of carbonyl (C=O) groups excluding carboxylic acids is 1. The maximum absolute atomic E-state index is 13.4. The Morgan fingerprint density at radius 2 is 1.57 bits per heavy atom. The Hall–Kier alpha value is -3.60. The van der Waals surface area contributed by atoms with Gasteiger partial charge >= 0.3 is 5.97 Å². The first kappa shape index (κ1) is 17.8. The predicted molar refractivity (Wildman–Crippen MR) is 106 cm³/mol. The summed E-state index contributed by atoms with van der Waals surface area (Å²) in [5.74, 6) is -1.39. The fourth-order valence-electron chi connectivity index (χ4n) is 3.82. The SMILES string of the molecule is COc1ccc([C@@H]2[C@@H](C(=O)O)c3ccccc3C(=O)N2c2ccccc2)cc1. The molecule has 0 saturated heterocycles. The number of rotatable bonds is 4. The Balaban J connectivity index is 1.95. The van der Waals surface area contributed by atoms with Gasteiger partial charge in [0.05, 0.1) is 13.2 Å². The molecule has 0 aromatic heterocycles. The molecule has 0 spiro atoms. The van der Waals surface area contributed by atoms with E-state index in [2.05, 4.69) is 0 Å². The molecule has 3 aromatic carbocycles. The van der Waals surface area contributed by atoms with Crippen molar-refractivity contribution in [2.45, 2.75) is 12.0 Å². The van der Waals surface area contributed by atoms with Gasteiger partial charge in [-0.15, -0.1) is 0 Å². The number of carboxylic acid groups (broad SMARTS) is 1. The van der Waals surface area contributed by atoms with E-state index in [1.54, 1.807) is 48.4 Å². The van der Waals surface area contributed by atoms with E-state index in [4.69, 9.17) is 4.74 Å². The van der Waals surface area contributed by atoms with Gasteiger partial charge in [0.2, 0.25) is 0 Å². The summed E-state index contributed by atoms with van der Waals surface area (Å²) in [5, 5.41) is 10.1. The zero-order chi connectivity index (χ0) is 19.7. The molecule has 3 aromatic rings. The molecular weight excluding hydrogens is 354 g/mol. The molecule has 28 heavy (non-hydrogen) atoms. The smallest absolute Gasteiger partial charge is 0.313 e. The van der Waals surface area contributed by atoms with Gasteiger partial charge in [-0.2, -0.15) is 0 Å². The molecule has 0 saturated carbocycles. The quantitative estimate of drug-likeness (QED) is 0.742. The van der Waals surface area contributed by atoms with E-state index in [9.17, 15) is 14.7 Å². The lowest BCUT2D eigenvalue weighted by Gasteiger charge is -2.40. The highest BCUT2D eigenvalue weighted by molar-refractivity contribution is 6.10. The minimum absolute atomic E-state index is 0.208. The van der Waals surface area contributed by atoms with Crippen molar-refractivity contribution in [1.29, 1.82) is 0 Å². The third-order valence-corrected chi connectivity index (χ3v) is 5.10. The molecule has 140 valence electrons. The number of carbonyl (C=O) groups is 2. The number of ether oxygens (including phenoxy) is 1.